The number of nitrogens with zero attached hydrogens (tertiary/aromatic N) is 1. The summed E-state index contributed by atoms with van der Waals surface area (Å²) in [6.07, 6.45) is 5.55. The monoisotopic (exact) mass is 366 g/mol. The summed E-state index contributed by atoms with van der Waals surface area (Å²) in [5.74, 6) is 1.38. The summed E-state index contributed by atoms with van der Waals surface area (Å²) >= 11 is 0. The minimum Gasteiger partial charge on any atom is -0.495 e. The number of methoxy groups -OCH3 is 1. The van der Waals surface area contributed by atoms with Crippen LogP contribution in [0.15, 0.2) is 36.4 Å². The maximum absolute atomic E-state index is 12.9. The van der Waals surface area contributed by atoms with Crippen LogP contribution in [0.5, 0.6) is 5.75 Å². The minimum atomic E-state index is -0.237. The van der Waals surface area contributed by atoms with Crippen LogP contribution in [0.25, 0.3) is 0 Å². The van der Waals surface area contributed by atoms with Crippen molar-refractivity contribution in [1.82, 2.24) is 4.90 Å². The Morgan fingerprint density at radius 2 is 1.74 bits per heavy atom. The van der Waals surface area contributed by atoms with E-state index in [0.717, 1.165) is 6.42 Å². The lowest BCUT2D eigenvalue weighted by Crippen LogP contribution is -2.40. The highest BCUT2D eigenvalue weighted by atomic mass is 16.5. The van der Waals surface area contributed by atoms with Gasteiger partial charge in [0.05, 0.1) is 24.6 Å². The number of anilines is 1. The first-order chi connectivity index (χ1) is 13.1. The van der Waals surface area contributed by atoms with E-state index in [1.807, 2.05) is 12.1 Å². The van der Waals surface area contributed by atoms with E-state index < -0.39 is 0 Å². The van der Waals surface area contributed by atoms with Crippen molar-refractivity contribution in [3.63, 3.8) is 0 Å². The molecule has 3 fully saturated rings. The Kier molecular flexibility index (Phi) is 3.64. The van der Waals surface area contributed by atoms with Gasteiger partial charge in [-0.3, -0.25) is 19.3 Å². The molecular formula is C21H22N2O4. The van der Waals surface area contributed by atoms with Gasteiger partial charge < -0.3 is 10.1 Å². The van der Waals surface area contributed by atoms with E-state index in [1.54, 1.807) is 19.2 Å². The van der Waals surface area contributed by atoms with Crippen LogP contribution in [0.1, 0.15) is 12.8 Å². The SMILES string of the molecule is COc1ccccc1NC(=O)CCN1C(=O)[C@@H]2[C@H]3C=C[C@@H]([C@@H]4C[C@H]34)[C@H]2C1=O. The zero-order valence-electron chi connectivity index (χ0n) is 15.1. The second kappa shape index (κ2) is 5.94. The molecule has 1 saturated heterocycles. The van der Waals surface area contributed by atoms with E-state index in [0.29, 0.717) is 23.3 Å². The number of hydrogen-bond acceptors (Lipinski definition) is 4. The number of para-hydroxylation sites is 2. The Bertz CT molecular complexity index is 827. The van der Waals surface area contributed by atoms with E-state index in [-0.39, 0.29) is 54.4 Å². The van der Waals surface area contributed by atoms with Crippen molar-refractivity contribution >= 4 is 23.4 Å². The third-order valence-corrected chi connectivity index (χ3v) is 6.70. The molecule has 1 aromatic rings. The quantitative estimate of drug-likeness (QED) is 0.639. The number of ether oxygens (including phenoxy) is 1. The third-order valence-electron chi connectivity index (χ3n) is 6.70. The molecule has 4 aliphatic carbocycles. The van der Waals surface area contributed by atoms with Crippen LogP contribution < -0.4 is 10.1 Å². The van der Waals surface area contributed by atoms with E-state index in [4.69, 9.17) is 4.74 Å². The van der Waals surface area contributed by atoms with Crippen LogP contribution in [0.2, 0.25) is 0 Å². The van der Waals surface area contributed by atoms with E-state index in [1.165, 1.54) is 4.90 Å². The molecule has 1 heterocycles. The largest absolute Gasteiger partial charge is 0.495 e. The highest BCUT2D eigenvalue weighted by molar-refractivity contribution is 6.06. The van der Waals surface area contributed by atoms with Gasteiger partial charge in [0, 0.05) is 13.0 Å². The van der Waals surface area contributed by atoms with Crippen LogP contribution in [0.4, 0.5) is 5.69 Å². The molecule has 27 heavy (non-hydrogen) atoms. The summed E-state index contributed by atoms with van der Waals surface area (Å²) in [6.45, 7) is 0.139. The molecule has 1 N–H and O–H groups in total. The number of imide groups is 1. The number of amides is 3. The lowest BCUT2D eigenvalue weighted by molar-refractivity contribution is -0.140. The molecule has 6 atom stereocenters. The van der Waals surface area contributed by atoms with Gasteiger partial charge in [-0.15, -0.1) is 0 Å². The summed E-state index contributed by atoms with van der Waals surface area (Å²) in [4.78, 5) is 39.5. The summed E-state index contributed by atoms with van der Waals surface area (Å²) < 4.78 is 5.23. The van der Waals surface area contributed by atoms with Gasteiger partial charge in [0.15, 0.2) is 0 Å². The van der Waals surface area contributed by atoms with E-state index in [2.05, 4.69) is 17.5 Å². The van der Waals surface area contributed by atoms with Crippen LogP contribution >= 0.6 is 0 Å². The molecule has 6 nitrogen and oxygen atoms in total. The molecule has 0 aromatic heterocycles. The fraction of sp³-hybridized carbons (Fsp3) is 0.476. The Labute approximate surface area is 157 Å². The smallest absolute Gasteiger partial charge is 0.233 e. The van der Waals surface area contributed by atoms with E-state index in [9.17, 15) is 14.4 Å². The highest BCUT2D eigenvalue weighted by Gasteiger charge is 2.66. The number of rotatable bonds is 5. The Hall–Kier alpha value is -2.63. The zero-order chi connectivity index (χ0) is 18.7. The van der Waals surface area contributed by atoms with Crippen molar-refractivity contribution < 1.29 is 19.1 Å². The number of carbonyl (C=O) groups is 3. The number of likely N-dealkylation sites (tertiary alicyclic amines) is 1. The fourth-order valence-corrected chi connectivity index (χ4v) is 5.41. The maximum atomic E-state index is 12.9. The molecule has 1 aromatic carbocycles. The Morgan fingerprint density at radius 3 is 2.37 bits per heavy atom. The fourth-order valence-electron chi connectivity index (χ4n) is 5.41. The number of allylic oxidation sites excluding steroid dienone is 2. The van der Waals surface area contributed by atoms with Crippen molar-refractivity contribution in [2.75, 3.05) is 19.0 Å². The average molecular weight is 366 g/mol. The Balaban J connectivity index is 1.25. The first-order valence-corrected chi connectivity index (χ1v) is 9.56. The molecule has 0 unspecified atom stereocenters. The first kappa shape index (κ1) is 16.5. The van der Waals surface area contributed by atoms with Gasteiger partial charge in [-0.2, -0.15) is 0 Å². The van der Waals surface area contributed by atoms with Gasteiger partial charge in [-0.25, -0.2) is 0 Å². The van der Waals surface area contributed by atoms with Gasteiger partial charge >= 0.3 is 0 Å². The molecule has 6 heteroatoms. The second-order valence-electron chi connectivity index (χ2n) is 7.98. The maximum Gasteiger partial charge on any atom is 0.233 e. The molecular weight excluding hydrogens is 344 g/mol. The normalized spacial score (nSPS) is 35.1. The highest BCUT2D eigenvalue weighted by Crippen LogP contribution is 2.65. The van der Waals surface area contributed by atoms with Crippen LogP contribution in [-0.2, 0) is 14.4 Å². The van der Waals surface area contributed by atoms with Gasteiger partial charge in [0.1, 0.15) is 5.75 Å². The van der Waals surface area contributed by atoms with Gasteiger partial charge in [0.25, 0.3) is 0 Å². The molecule has 140 valence electrons. The summed E-state index contributed by atoms with van der Waals surface area (Å²) in [5.41, 5.74) is 0.583. The van der Waals surface area contributed by atoms with Crippen molar-refractivity contribution in [1.29, 1.82) is 0 Å². The number of carbonyl (C=O) groups excluding carboxylic acids is 3. The molecule has 2 bridgehead atoms. The predicted molar refractivity (Wildman–Crippen MR) is 97.7 cm³/mol. The Morgan fingerprint density at radius 1 is 1.11 bits per heavy atom. The lowest BCUT2D eigenvalue weighted by Gasteiger charge is -2.37. The molecule has 6 rings (SSSR count). The molecule has 3 amide bonds. The number of hydrogen-bond donors (Lipinski definition) is 1. The molecule has 0 spiro atoms. The number of nitrogens with one attached hydrogen (secondary N) is 1. The average Bonchev–Trinajstić information content (AvgIpc) is 3.46. The van der Waals surface area contributed by atoms with Crippen molar-refractivity contribution in [3.05, 3.63) is 36.4 Å². The third kappa shape index (κ3) is 2.42. The number of benzene rings is 1. The second-order valence-corrected chi connectivity index (χ2v) is 7.98. The lowest BCUT2D eigenvalue weighted by atomic mass is 9.63. The van der Waals surface area contributed by atoms with Crippen molar-refractivity contribution in [3.8, 4) is 5.75 Å². The zero-order valence-corrected chi connectivity index (χ0v) is 15.1. The van der Waals surface area contributed by atoms with Crippen molar-refractivity contribution in [2.24, 2.45) is 35.5 Å². The van der Waals surface area contributed by atoms with Crippen LogP contribution in [0.3, 0.4) is 0 Å². The summed E-state index contributed by atoms with van der Waals surface area (Å²) in [7, 11) is 1.54. The molecule has 2 saturated carbocycles. The van der Waals surface area contributed by atoms with Crippen LogP contribution in [0, 0.1) is 35.5 Å². The summed E-state index contributed by atoms with van der Waals surface area (Å²) in [6, 6.07) is 7.16. The van der Waals surface area contributed by atoms with Gasteiger partial charge in [-0.1, -0.05) is 24.3 Å². The molecule has 1 aliphatic heterocycles. The predicted octanol–water partition coefficient (Wildman–Crippen LogP) is 2.08. The molecule has 0 radical (unpaired) electrons. The van der Waals surface area contributed by atoms with Gasteiger partial charge in [-0.05, 0) is 42.2 Å². The van der Waals surface area contributed by atoms with Crippen molar-refractivity contribution in [2.45, 2.75) is 12.8 Å². The minimum absolute atomic E-state index is 0.0835. The van der Waals surface area contributed by atoms with Crippen LogP contribution in [-0.4, -0.2) is 36.3 Å². The van der Waals surface area contributed by atoms with Gasteiger partial charge in [0.2, 0.25) is 17.7 Å². The topological polar surface area (TPSA) is 75.7 Å². The summed E-state index contributed by atoms with van der Waals surface area (Å²) in [5, 5.41) is 2.80. The standard InChI is InChI=1S/C21H22N2O4/c1-27-16-5-3-2-4-15(16)22-17(24)8-9-23-20(25)18-11-6-7-12(14-10-13(11)14)19(18)21(23)26/h2-7,11-14,18-19H,8-10H2,1H3,(H,22,24)/t11-,12-,13-,14+,18+,19+/m0/s1. The van der Waals surface area contributed by atoms with E-state index >= 15 is 0 Å². The molecule has 5 aliphatic rings. The first-order valence-electron chi connectivity index (χ1n) is 9.56.